The van der Waals surface area contributed by atoms with E-state index in [-0.39, 0.29) is 0 Å². The number of nitrogens with zero attached hydrogens (tertiary/aromatic N) is 3. The second-order valence-electron chi connectivity index (χ2n) is 14.0. The lowest BCUT2D eigenvalue weighted by Crippen LogP contribution is -2.00. The number of hydrogen-bond donors (Lipinski definition) is 0. The quantitative estimate of drug-likeness (QED) is 0.171. The number of benzene rings is 8. The van der Waals surface area contributed by atoms with Crippen LogP contribution in [0.2, 0.25) is 0 Å². The van der Waals surface area contributed by atoms with Gasteiger partial charge in [-0.1, -0.05) is 158 Å². The van der Waals surface area contributed by atoms with Crippen LogP contribution < -0.4 is 0 Å². The van der Waals surface area contributed by atoms with Crippen molar-refractivity contribution >= 4 is 43.9 Å². The molecule has 0 saturated heterocycles. The van der Waals surface area contributed by atoms with Crippen LogP contribution in [-0.4, -0.2) is 15.0 Å². The molecular formula is C51H31N3O2. The molecule has 11 aromatic rings. The standard InChI is InChI=1S/C51H31N3O2/c1-3-10-32(11-4-1)33-20-24-37(25-21-33)50-52-49(36-12-5-2-6-13-36)53-51(54-50)39-26-28-42-44-30-38(27-29-46(44)55-47(42)31-39)34-18-22-35(23-19-34)40-15-9-16-43-41-14-7-8-17-45(41)56-48(40)43/h1-31H. The predicted octanol–water partition coefficient (Wildman–Crippen LogP) is 13.7. The van der Waals surface area contributed by atoms with Gasteiger partial charge in [-0.15, -0.1) is 0 Å². The van der Waals surface area contributed by atoms with Crippen molar-refractivity contribution in [3.8, 4) is 67.5 Å². The number of furan rings is 2. The van der Waals surface area contributed by atoms with Gasteiger partial charge in [-0.05, 0) is 58.1 Å². The third-order valence-electron chi connectivity index (χ3n) is 10.6. The normalized spacial score (nSPS) is 11.6. The third-order valence-corrected chi connectivity index (χ3v) is 10.6. The Hall–Kier alpha value is -7.63. The van der Waals surface area contributed by atoms with Crippen molar-refractivity contribution in [3.05, 3.63) is 188 Å². The van der Waals surface area contributed by atoms with Gasteiger partial charge in [-0.25, -0.2) is 15.0 Å². The first-order valence-corrected chi connectivity index (χ1v) is 18.7. The van der Waals surface area contributed by atoms with Crippen LogP contribution in [0.3, 0.4) is 0 Å². The molecule has 0 radical (unpaired) electrons. The molecule has 8 aromatic carbocycles. The zero-order valence-electron chi connectivity index (χ0n) is 30.1. The maximum Gasteiger partial charge on any atom is 0.164 e. The third kappa shape index (κ3) is 5.53. The molecule has 0 unspecified atom stereocenters. The first-order valence-electron chi connectivity index (χ1n) is 18.7. The molecule has 11 rings (SSSR count). The van der Waals surface area contributed by atoms with Crippen LogP contribution >= 0.6 is 0 Å². The van der Waals surface area contributed by atoms with Gasteiger partial charge < -0.3 is 8.83 Å². The molecule has 0 fully saturated rings. The lowest BCUT2D eigenvalue weighted by atomic mass is 9.98. The van der Waals surface area contributed by atoms with Crippen molar-refractivity contribution in [2.75, 3.05) is 0 Å². The van der Waals surface area contributed by atoms with Crippen molar-refractivity contribution in [1.29, 1.82) is 0 Å². The highest BCUT2D eigenvalue weighted by molar-refractivity contribution is 6.10. The van der Waals surface area contributed by atoms with Crippen LogP contribution in [0.1, 0.15) is 0 Å². The summed E-state index contributed by atoms with van der Waals surface area (Å²) in [5.41, 5.74) is 12.9. The second kappa shape index (κ2) is 13.0. The van der Waals surface area contributed by atoms with Gasteiger partial charge in [-0.3, -0.25) is 0 Å². The maximum atomic E-state index is 6.45. The summed E-state index contributed by atoms with van der Waals surface area (Å²) in [5.74, 6) is 1.82. The topological polar surface area (TPSA) is 65.0 Å². The first kappa shape index (κ1) is 31.9. The predicted molar refractivity (Wildman–Crippen MR) is 227 cm³/mol. The Morgan fingerprint density at radius 3 is 1.52 bits per heavy atom. The smallest absolute Gasteiger partial charge is 0.164 e. The van der Waals surface area contributed by atoms with E-state index in [1.54, 1.807) is 0 Å². The molecular weight excluding hydrogens is 687 g/mol. The highest BCUT2D eigenvalue weighted by Crippen LogP contribution is 2.38. The molecule has 5 heteroatoms. The molecule has 0 aliphatic carbocycles. The fourth-order valence-electron chi connectivity index (χ4n) is 7.71. The Kier molecular flexibility index (Phi) is 7.42. The van der Waals surface area contributed by atoms with E-state index >= 15 is 0 Å². The van der Waals surface area contributed by atoms with Crippen LogP contribution in [0.4, 0.5) is 0 Å². The molecule has 5 nitrogen and oxygen atoms in total. The van der Waals surface area contributed by atoms with Gasteiger partial charge in [0.25, 0.3) is 0 Å². The van der Waals surface area contributed by atoms with Gasteiger partial charge in [0.15, 0.2) is 17.5 Å². The molecule has 0 bridgehead atoms. The molecule has 0 aliphatic rings. The first-order chi connectivity index (χ1) is 27.7. The monoisotopic (exact) mass is 717 g/mol. The molecule has 56 heavy (non-hydrogen) atoms. The molecule has 0 spiro atoms. The number of aromatic nitrogens is 3. The summed E-state index contributed by atoms with van der Waals surface area (Å²) in [4.78, 5) is 14.9. The zero-order chi connectivity index (χ0) is 37.0. The van der Waals surface area contributed by atoms with Crippen LogP contribution in [0, 0.1) is 0 Å². The molecule has 3 heterocycles. The van der Waals surface area contributed by atoms with Crippen molar-refractivity contribution in [2.45, 2.75) is 0 Å². The van der Waals surface area contributed by atoms with Crippen LogP contribution in [-0.2, 0) is 0 Å². The van der Waals surface area contributed by atoms with Gasteiger partial charge in [-0.2, -0.15) is 0 Å². The Labute approximate surface area is 322 Å². The highest BCUT2D eigenvalue weighted by atomic mass is 16.3. The van der Waals surface area contributed by atoms with E-state index < -0.39 is 0 Å². The van der Waals surface area contributed by atoms with E-state index in [0.29, 0.717) is 17.5 Å². The summed E-state index contributed by atoms with van der Waals surface area (Å²) in [5, 5.41) is 4.35. The summed E-state index contributed by atoms with van der Waals surface area (Å²) in [6, 6.07) is 64.6. The van der Waals surface area contributed by atoms with Crippen molar-refractivity contribution in [2.24, 2.45) is 0 Å². The fourth-order valence-corrected chi connectivity index (χ4v) is 7.71. The fraction of sp³-hybridized carbons (Fsp3) is 0. The van der Waals surface area contributed by atoms with E-state index in [1.165, 1.54) is 0 Å². The van der Waals surface area contributed by atoms with E-state index in [4.69, 9.17) is 23.8 Å². The zero-order valence-corrected chi connectivity index (χ0v) is 30.1. The molecule has 0 N–H and O–H groups in total. The van der Waals surface area contributed by atoms with Crippen LogP contribution in [0.25, 0.3) is 111 Å². The van der Waals surface area contributed by atoms with E-state index in [1.807, 2.05) is 54.6 Å². The number of para-hydroxylation sites is 2. The maximum absolute atomic E-state index is 6.45. The largest absolute Gasteiger partial charge is 0.456 e. The SMILES string of the molecule is c1ccc(-c2ccc(-c3nc(-c4ccccc4)nc(-c4ccc5c(c4)oc4ccc(-c6ccc(-c7cccc8c7oc7ccccc78)cc6)cc45)n3)cc2)cc1. The summed E-state index contributed by atoms with van der Waals surface area (Å²) in [7, 11) is 0. The van der Waals surface area contributed by atoms with Gasteiger partial charge in [0.2, 0.25) is 0 Å². The van der Waals surface area contributed by atoms with Crippen molar-refractivity contribution < 1.29 is 8.83 Å². The van der Waals surface area contributed by atoms with Crippen molar-refractivity contribution in [1.82, 2.24) is 15.0 Å². The highest BCUT2D eigenvalue weighted by Gasteiger charge is 2.16. The summed E-state index contributed by atoms with van der Waals surface area (Å²) in [6.07, 6.45) is 0. The van der Waals surface area contributed by atoms with Crippen molar-refractivity contribution in [3.63, 3.8) is 0 Å². The number of fused-ring (bicyclic) bond motifs is 6. The van der Waals surface area contributed by atoms with E-state index in [9.17, 15) is 0 Å². The van der Waals surface area contributed by atoms with Gasteiger partial charge >= 0.3 is 0 Å². The summed E-state index contributed by atoms with van der Waals surface area (Å²) >= 11 is 0. The summed E-state index contributed by atoms with van der Waals surface area (Å²) < 4.78 is 12.8. The Morgan fingerprint density at radius 2 is 0.768 bits per heavy atom. The van der Waals surface area contributed by atoms with E-state index in [0.717, 1.165) is 93.9 Å². The van der Waals surface area contributed by atoms with Gasteiger partial charge in [0.1, 0.15) is 22.3 Å². The lowest BCUT2D eigenvalue weighted by molar-refractivity contribution is 0.669. The second-order valence-corrected chi connectivity index (χ2v) is 14.0. The average molecular weight is 718 g/mol. The molecule has 3 aromatic heterocycles. The molecule has 0 saturated carbocycles. The van der Waals surface area contributed by atoms with Crippen LogP contribution in [0.5, 0.6) is 0 Å². The van der Waals surface area contributed by atoms with Gasteiger partial charge in [0, 0.05) is 43.8 Å². The Morgan fingerprint density at radius 1 is 0.268 bits per heavy atom. The number of hydrogen-bond acceptors (Lipinski definition) is 5. The Balaban J connectivity index is 0.941. The Bertz CT molecular complexity index is 3220. The van der Waals surface area contributed by atoms with E-state index in [2.05, 4.69) is 133 Å². The van der Waals surface area contributed by atoms with Gasteiger partial charge in [0.05, 0.1) is 0 Å². The minimum absolute atomic E-state index is 0.586. The molecule has 0 aliphatic heterocycles. The number of rotatable bonds is 6. The van der Waals surface area contributed by atoms with Crippen LogP contribution in [0.15, 0.2) is 197 Å². The molecule has 0 atom stereocenters. The molecule has 262 valence electrons. The molecule has 0 amide bonds. The summed E-state index contributed by atoms with van der Waals surface area (Å²) in [6.45, 7) is 0. The minimum atomic E-state index is 0.586. The minimum Gasteiger partial charge on any atom is -0.456 e. The lowest BCUT2D eigenvalue weighted by Gasteiger charge is -2.09. The average Bonchev–Trinajstić information content (AvgIpc) is 3.85.